The van der Waals surface area contributed by atoms with Crippen molar-refractivity contribution < 1.29 is 14.3 Å². The fourth-order valence-electron chi connectivity index (χ4n) is 1.67. The first kappa shape index (κ1) is 16.8. The molecule has 0 saturated carbocycles. The van der Waals surface area contributed by atoms with E-state index in [1.807, 2.05) is 31.2 Å². The average molecular weight is 526 g/mol. The van der Waals surface area contributed by atoms with Crippen molar-refractivity contribution in [1.82, 2.24) is 0 Å². The summed E-state index contributed by atoms with van der Waals surface area (Å²) < 4.78 is 13.6. The van der Waals surface area contributed by atoms with E-state index in [-0.39, 0.29) is 6.61 Å². The quantitative estimate of drug-likeness (QED) is 0.316. The van der Waals surface area contributed by atoms with E-state index < -0.39 is 5.97 Å². The molecule has 0 spiro atoms. The number of aryl methyl sites for hydroxylation is 1. The lowest BCUT2D eigenvalue weighted by Crippen LogP contribution is -2.18. The van der Waals surface area contributed by atoms with Gasteiger partial charge in [0, 0.05) is 8.04 Å². The van der Waals surface area contributed by atoms with E-state index >= 15 is 0 Å². The lowest BCUT2D eigenvalue weighted by atomic mass is 10.2. The first-order valence-electron chi connectivity index (χ1n) is 6.00. The average Bonchev–Trinajstić information content (AvgIpc) is 2.40. The summed E-state index contributed by atoms with van der Waals surface area (Å²) in [5.41, 5.74) is 0.929. The molecule has 0 radical (unpaired) electrons. The molecule has 6 heteroatoms. The molecule has 0 aromatic heterocycles. The highest BCUT2D eigenvalue weighted by Gasteiger charge is 2.11. The van der Waals surface area contributed by atoms with Crippen LogP contribution in [0.25, 0.3) is 0 Å². The van der Waals surface area contributed by atoms with Crippen LogP contribution in [0.4, 0.5) is 0 Å². The number of ether oxygens (including phenoxy) is 2. The molecule has 0 N–H and O–H groups in total. The molecule has 0 amide bonds. The highest BCUT2D eigenvalue weighted by molar-refractivity contribution is 14.1. The van der Waals surface area contributed by atoms with Crippen LogP contribution >= 0.6 is 54.5 Å². The maximum Gasteiger partial charge on any atom is 0.349 e. The third kappa shape index (κ3) is 4.96. The van der Waals surface area contributed by atoms with E-state index in [0.717, 1.165) is 18.1 Å². The van der Waals surface area contributed by atoms with Gasteiger partial charge in [-0.2, -0.15) is 0 Å². The molecule has 0 aliphatic heterocycles. The van der Waals surface area contributed by atoms with E-state index in [9.17, 15) is 4.79 Å². The molecule has 0 heterocycles. The summed E-state index contributed by atoms with van der Waals surface area (Å²) in [4.78, 5) is 11.8. The van der Waals surface area contributed by atoms with Crippen molar-refractivity contribution in [2.45, 2.75) is 6.92 Å². The molecule has 0 unspecified atom stereocenters. The van der Waals surface area contributed by atoms with Crippen molar-refractivity contribution in [2.75, 3.05) is 6.61 Å². The third-order valence-corrected chi connectivity index (χ3v) is 4.34. The van der Waals surface area contributed by atoms with Gasteiger partial charge in [0.2, 0.25) is 0 Å². The van der Waals surface area contributed by atoms with Gasteiger partial charge >= 0.3 is 5.97 Å². The number of rotatable bonds is 4. The SMILES string of the molecule is Cc1cc(Br)cc(Br)c1OCC(=O)Oc1ccc(I)cc1. The second-order valence-electron chi connectivity index (χ2n) is 4.25. The smallest absolute Gasteiger partial charge is 0.349 e. The zero-order chi connectivity index (χ0) is 15.4. The number of carbonyl (C=O) groups is 1. The molecule has 0 aliphatic rings. The van der Waals surface area contributed by atoms with Gasteiger partial charge in [-0.05, 0) is 87.4 Å². The monoisotopic (exact) mass is 524 g/mol. The fourth-order valence-corrected chi connectivity index (χ4v) is 3.58. The normalized spacial score (nSPS) is 10.3. The molecule has 2 aromatic rings. The van der Waals surface area contributed by atoms with E-state index in [1.54, 1.807) is 12.1 Å². The summed E-state index contributed by atoms with van der Waals surface area (Å²) in [5, 5.41) is 0. The van der Waals surface area contributed by atoms with Crippen molar-refractivity contribution in [3.63, 3.8) is 0 Å². The van der Waals surface area contributed by atoms with E-state index in [1.165, 1.54) is 0 Å². The Bertz CT molecular complexity index is 633. The number of halogens is 3. The van der Waals surface area contributed by atoms with E-state index in [4.69, 9.17) is 9.47 Å². The predicted octanol–water partition coefficient (Wildman–Crippen LogP) is 5.11. The van der Waals surface area contributed by atoms with Gasteiger partial charge in [-0.1, -0.05) is 15.9 Å². The summed E-state index contributed by atoms with van der Waals surface area (Å²) in [5.74, 6) is 0.707. The first-order valence-corrected chi connectivity index (χ1v) is 8.67. The maximum atomic E-state index is 11.8. The fraction of sp³-hybridized carbons (Fsp3) is 0.133. The topological polar surface area (TPSA) is 35.5 Å². The Morgan fingerprint density at radius 3 is 2.48 bits per heavy atom. The van der Waals surface area contributed by atoms with Gasteiger partial charge in [-0.25, -0.2) is 4.79 Å². The van der Waals surface area contributed by atoms with Crippen LogP contribution < -0.4 is 9.47 Å². The van der Waals surface area contributed by atoms with Crippen molar-refractivity contribution >= 4 is 60.4 Å². The number of hydrogen-bond acceptors (Lipinski definition) is 3. The van der Waals surface area contributed by atoms with Crippen LogP contribution in [0.5, 0.6) is 11.5 Å². The second-order valence-corrected chi connectivity index (χ2v) is 7.27. The van der Waals surface area contributed by atoms with Crippen LogP contribution in [0.2, 0.25) is 0 Å². The summed E-state index contributed by atoms with van der Waals surface area (Å²) in [6, 6.07) is 11.0. The number of benzene rings is 2. The molecule has 110 valence electrons. The van der Waals surface area contributed by atoms with Crippen LogP contribution in [-0.2, 0) is 4.79 Å². The van der Waals surface area contributed by atoms with Gasteiger partial charge in [0.25, 0.3) is 0 Å². The van der Waals surface area contributed by atoms with Crippen LogP contribution in [-0.4, -0.2) is 12.6 Å². The summed E-state index contributed by atoms with van der Waals surface area (Å²) in [7, 11) is 0. The molecule has 0 fully saturated rings. The molecule has 0 saturated heterocycles. The zero-order valence-electron chi connectivity index (χ0n) is 11.0. The van der Waals surface area contributed by atoms with Crippen LogP contribution in [0.3, 0.4) is 0 Å². The molecular formula is C15H11Br2IO3. The van der Waals surface area contributed by atoms with Crippen molar-refractivity contribution in [3.8, 4) is 11.5 Å². The Hall–Kier alpha value is -0.600. The Morgan fingerprint density at radius 1 is 1.19 bits per heavy atom. The van der Waals surface area contributed by atoms with Gasteiger partial charge < -0.3 is 9.47 Å². The maximum absolute atomic E-state index is 11.8. The highest BCUT2D eigenvalue weighted by atomic mass is 127. The molecule has 0 aliphatic carbocycles. The highest BCUT2D eigenvalue weighted by Crippen LogP contribution is 2.32. The molecule has 0 bridgehead atoms. The standard InChI is InChI=1S/C15H11Br2IO3/c1-9-6-10(16)7-13(17)15(9)20-8-14(19)21-12-4-2-11(18)3-5-12/h2-7H,8H2,1H3. The van der Waals surface area contributed by atoms with Crippen molar-refractivity contribution in [2.24, 2.45) is 0 Å². The molecule has 0 atom stereocenters. The Labute approximate surface area is 153 Å². The largest absolute Gasteiger partial charge is 0.480 e. The van der Waals surface area contributed by atoms with Crippen LogP contribution in [0.15, 0.2) is 45.3 Å². The Balaban J connectivity index is 1.97. The first-order chi connectivity index (χ1) is 9.95. The minimum Gasteiger partial charge on any atom is -0.480 e. The Kier molecular flexibility index (Phi) is 6.07. The van der Waals surface area contributed by atoms with Gasteiger partial charge in [0.1, 0.15) is 11.5 Å². The Morgan fingerprint density at radius 2 is 1.86 bits per heavy atom. The lowest BCUT2D eigenvalue weighted by molar-refractivity contribution is -0.136. The van der Waals surface area contributed by atoms with Crippen LogP contribution in [0, 0.1) is 10.5 Å². The predicted molar refractivity (Wildman–Crippen MR) is 96.9 cm³/mol. The molecular weight excluding hydrogens is 515 g/mol. The molecule has 21 heavy (non-hydrogen) atoms. The van der Waals surface area contributed by atoms with E-state index in [0.29, 0.717) is 11.5 Å². The summed E-state index contributed by atoms with van der Waals surface area (Å²) >= 11 is 9.00. The lowest BCUT2D eigenvalue weighted by Gasteiger charge is -2.11. The van der Waals surface area contributed by atoms with Gasteiger partial charge in [-0.15, -0.1) is 0 Å². The van der Waals surface area contributed by atoms with Crippen molar-refractivity contribution in [1.29, 1.82) is 0 Å². The molecule has 2 aromatic carbocycles. The van der Waals surface area contributed by atoms with Crippen LogP contribution in [0.1, 0.15) is 5.56 Å². The molecule has 3 nitrogen and oxygen atoms in total. The van der Waals surface area contributed by atoms with Gasteiger partial charge in [0.05, 0.1) is 4.47 Å². The van der Waals surface area contributed by atoms with Gasteiger partial charge in [-0.3, -0.25) is 0 Å². The molecule has 2 rings (SSSR count). The zero-order valence-corrected chi connectivity index (χ0v) is 16.4. The second kappa shape index (κ2) is 7.60. The number of esters is 1. The third-order valence-electron chi connectivity index (χ3n) is 2.57. The summed E-state index contributed by atoms with van der Waals surface area (Å²) in [6.07, 6.45) is 0. The number of carbonyl (C=O) groups excluding carboxylic acids is 1. The van der Waals surface area contributed by atoms with Crippen molar-refractivity contribution in [3.05, 3.63) is 54.5 Å². The number of hydrogen-bond donors (Lipinski definition) is 0. The van der Waals surface area contributed by atoms with Gasteiger partial charge in [0.15, 0.2) is 6.61 Å². The van der Waals surface area contributed by atoms with E-state index in [2.05, 4.69) is 54.5 Å². The summed E-state index contributed by atoms with van der Waals surface area (Å²) in [6.45, 7) is 1.77. The minimum atomic E-state index is -0.439. The minimum absolute atomic E-state index is 0.146.